The fourth-order valence-corrected chi connectivity index (χ4v) is 3.60. The van der Waals surface area contributed by atoms with Crippen LogP contribution in [0.25, 0.3) is 11.4 Å². The van der Waals surface area contributed by atoms with Crippen molar-refractivity contribution in [3.05, 3.63) is 64.8 Å². The molecule has 2 atom stereocenters. The molecule has 2 aromatic carbocycles. The van der Waals surface area contributed by atoms with Crippen LogP contribution in [-0.4, -0.2) is 34.6 Å². The molecule has 1 fully saturated rings. The van der Waals surface area contributed by atoms with Gasteiger partial charge in [-0.15, -0.1) is 0 Å². The van der Waals surface area contributed by atoms with Gasteiger partial charge in [-0.3, -0.25) is 4.79 Å². The lowest BCUT2D eigenvalue weighted by molar-refractivity contribution is -0.129. The van der Waals surface area contributed by atoms with Crippen molar-refractivity contribution in [3.63, 3.8) is 0 Å². The minimum absolute atomic E-state index is 0.0237. The third-order valence-corrected chi connectivity index (χ3v) is 5.50. The zero-order chi connectivity index (χ0) is 20.5. The molecule has 4 rings (SSSR count). The molecule has 1 aromatic heterocycles. The second-order valence-corrected chi connectivity index (χ2v) is 7.39. The molecule has 150 valence electrons. The van der Waals surface area contributed by atoms with Crippen LogP contribution in [-0.2, 0) is 4.79 Å². The van der Waals surface area contributed by atoms with Crippen LogP contribution in [0.4, 0.5) is 4.39 Å². The van der Waals surface area contributed by atoms with E-state index < -0.39 is 5.82 Å². The highest BCUT2D eigenvalue weighted by atomic mass is 35.5. The molecule has 0 bridgehead atoms. The minimum Gasteiger partial charge on any atom is -0.497 e. The van der Waals surface area contributed by atoms with Crippen LogP contribution in [0.3, 0.4) is 0 Å². The van der Waals surface area contributed by atoms with E-state index in [1.54, 1.807) is 18.1 Å². The number of carbonyl (C=O) groups is 1. The third-order valence-electron chi connectivity index (χ3n) is 5.19. The molecule has 0 radical (unpaired) electrons. The van der Waals surface area contributed by atoms with Gasteiger partial charge in [0.2, 0.25) is 17.6 Å². The molecule has 8 heteroatoms. The molecule has 1 saturated heterocycles. The minimum atomic E-state index is -0.550. The van der Waals surface area contributed by atoms with Crippen molar-refractivity contribution in [2.75, 3.05) is 13.7 Å². The smallest absolute Gasteiger partial charge is 0.232 e. The van der Waals surface area contributed by atoms with Crippen LogP contribution in [0.15, 0.2) is 47.0 Å². The summed E-state index contributed by atoms with van der Waals surface area (Å²) in [5.41, 5.74) is 1.48. The molecule has 0 N–H and O–H groups in total. The number of carbonyl (C=O) groups excluding carboxylic acids is 1. The molecule has 1 amide bonds. The number of amides is 1. The van der Waals surface area contributed by atoms with Crippen LogP contribution in [0.1, 0.15) is 36.8 Å². The predicted molar refractivity (Wildman–Crippen MR) is 105 cm³/mol. The van der Waals surface area contributed by atoms with Crippen LogP contribution in [0.2, 0.25) is 5.02 Å². The average Bonchev–Trinajstić information content (AvgIpc) is 3.36. The fourth-order valence-electron chi connectivity index (χ4n) is 3.49. The molecule has 0 saturated carbocycles. The molecule has 3 aromatic rings. The van der Waals surface area contributed by atoms with Crippen molar-refractivity contribution in [2.24, 2.45) is 0 Å². The Kier molecular flexibility index (Phi) is 5.24. The quantitative estimate of drug-likeness (QED) is 0.608. The lowest BCUT2D eigenvalue weighted by Gasteiger charge is -2.25. The van der Waals surface area contributed by atoms with E-state index in [1.165, 1.54) is 12.1 Å². The molecule has 2 unspecified atom stereocenters. The second-order valence-electron chi connectivity index (χ2n) is 6.98. The van der Waals surface area contributed by atoms with Gasteiger partial charge in [-0.2, -0.15) is 4.98 Å². The van der Waals surface area contributed by atoms with Crippen molar-refractivity contribution in [3.8, 4) is 17.1 Å². The summed E-state index contributed by atoms with van der Waals surface area (Å²) < 4.78 is 24.3. The van der Waals surface area contributed by atoms with E-state index in [1.807, 2.05) is 31.2 Å². The molecule has 6 nitrogen and oxygen atoms in total. The first-order valence-electron chi connectivity index (χ1n) is 9.18. The van der Waals surface area contributed by atoms with Crippen molar-refractivity contribution in [1.82, 2.24) is 15.0 Å². The van der Waals surface area contributed by atoms with Crippen LogP contribution < -0.4 is 4.74 Å². The summed E-state index contributed by atoms with van der Waals surface area (Å²) in [6, 6.07) is 11.9. The Morgan fingerprint density at radius 3 is 2.72 bits per heavy atom. The van der Waals surface area contributed by atoms with E-state index in [-0.39, 0.29) is 35.1 Å². The Morgan fingerprint density at radius 1 is 1.28 bits per heavy atom. The van der Waals surface area contributed by atoms with Gasteiger partial charge in [-0.25, -0.2) is 4.39 Å². The van der Waals surface area contributed by atoms with Crippen LogP contribution in [0, 0.1) is 5.82 Å². The van der Waals surface area contributed by atoms with Gasteiger partial charge in [0, 0.05) is 18.5 Å². The second kappa shape index (κ2) is 7.83. The summed E-state index contributed by atoms with van der Waals surface area (Å²) in [6.07, 6.45) is 0.289. The van der Waals surface area contributed by atoms with E-state index >= 15 is 0 Å². The maximum absolute atomic E-state index is 13.7. The van der Waals surface area contributed by atoms with Gasteiger partial charge in [0.25, 0.3) is 0 Å². The summed E-state index contributed by atoms with van der Waals surface area (Å²) in [4.78, 5) is 18.8. The van der Waals surface area contributed by atoms with E-state index in [4.69, 9.17) is 20.9 Å². The molecule has 2 heterocycles. The molecule has 1 aliphatic heterocycles. The topological polar surface area (TPSA) is 68.5 Å². The van der Waals surface area contributed by atoms with Crippen molar-refractivity contribution < 1.29 is 18.4 Å². The van der Waals surface area contributed by atoms with Gasteiger partial charge < -0.3 is 14.2 Å². The highest BCUT2D eigenvalue weighted by Crippen LogP contribution is 2.34. The van der Waals surface area contributed by atoms with E-state index in [0.717, 1.165) is 11.3 Å². The van der Waals surface area contributed by atoms with Gasteiger partial charge in [0.15, 0.2) is 0 Å². The predicted octanol–water partition coefficient (Wildman–Crippen LogP) is 4.61. The first kappa shape index (κ1) is 19.4. The molecule has 1 aliphatic rings. The number of aromatic nitrogens is 2. The number of hydrogen-bond acceptors (Lipinski definition) is 5. The Labute approximate surface area is 172 Å². The zero-order valence-corrected chi connectivity index (χ0v) is 16.7. The lowest BCUT2D eigenvalue weighted by Crippen LogP contribution is -2.28. The van der Waals surface area contributed by atoms with Crippen molar-refractivity contribution in [1.29, 1.82) is 0 Å². The Hall–Kier alpha value is -2.93. The Morgan fingerprint density at radius 2 is 2.03 bits per heavy atom. The zero-order valence-electron chi connectivity index (χ0n) is 15.9. The summed E-state index contributed by atoms with van der Waals surface area (Å²) >= 11 is 5.72. The number of likely N-dealkylation sites (tertiary alicyclic amines) is 1. The number of hydrogen-bond donors (Lipinski definition) is 0. The number of nitrogens with zero attached hydrogens (tertiary/aromatic N) is 3. The molecular formula is C21H19ClFN3O3. The Bertz CT molecular complexity index is 1040. The number of methoxy groups -OCH3 is 1. The van der Waals surface area contributed by atoms with Crippen LogP contribution >= 0.6 is 11.6 Å². The summed E-state index contributed by atoms with van der Waals surface area (Å²) in [7, 11) is 1.62. The van der Waals surface area contributed by atoms with Crippen molar-refractivity contribution in [2.45, 2.75) is 25.3 Å². The van der Waals surface area contributed by atoms with Gasteiger partial charge in [0.1, 0.15) is 11.6 Å². The summed E-state index contributed by atoms with van der Waals surface area (Å²) in [5, 5.41) is 3.96. The largest absolute Gasteiger partial charge is 0.497 e. The molecule has 0 aliphatic carbocycles. The first-order valence-corrected chi connectivity index (χ1v) is 9.56. The molecular weight excluding hydrogens is 397 g/mol. The SMILES string of the molecule is COc1ccc(C(C)N2CC(c3nc(-c4ccc(Cl)c(F)c4)no3)CC2=O)cc1. The first-order chi connectivity index (χ1) is 14.0. The van der Waals surface area contributed by atoms with E-state index in [9.17, 15) is 9.18 Å². The van der Waals surface area contributed by atoms with Gasteiger partial charge in [-0.1, -0.05) is 28.9 Å². The number of rotatable bonds is 5. The number of benzene rings is 2. The highest BCUT2D eigenvalue weighted by molar-refractivity contribution is 6.30. The van der Waals surface area contributed by atoms with Crippen molar-refractivity contribution >= 4 is 17.5 Å². The lowest BCUT2D eigenvalue weighted by atomic mass is 10.1. The van der Waals surface area contributed by atoms with Gasteiger partial charge >= 0.3 is 0 Å². The fraction of sp³-hybridized carbons (Fsp3) is 0.286. The monoisotopic (exact) mass is 415 g/mol. The Balaban J connectivity index is 1.50. The molecule has 0 spiro atoms. The van der Waals surface area contributed by atoms with Gasteiger partial charge in [-0.05, 0) is 42.8 Å². The summed E-state index contributed by atoms with van der Waals surface area (Å²) in [5.74, 6) is 0.671. The molecule has 29 heavy (non-hydrogen) atoms. The summed E-state index contributed by atoms with van der Waals surface area (Å²) in [6.45, 7) is 2.46. The standard InChI is InChI=1S/C21H19ClFN3O3/c1-12(13-3-6-16(28-2)7-4-13)26-11-15(10-19(26)27)21-24-20(25-29-21)14-5-8-17(22)18(23)9-14/h3-9,12,15H,10-11H2,1-2H3. The van der Waals surface area contributed by atoms with E-state index in [0.29, 0.717) is 18.0 Å². The highest BCUT2D eigenvalue weighted by Gasteiger charge is 2.37. The number of ether oxygens (including phenoxy) is 1. The van der Waals surface area contributed by atoms with Crippen LogP contribution in [0.5, 0.6) is 5.75 Å². The number of halogens is 2. The average molecular weight is 416 g/mol. The van der Waals surface area contributed by atoms with Gasteiger partial charge in [0.05, 0.1) is 24.1 Å². The normalized spacial score (nSPS) is 17.6. The maximum atomic E-state index is 13.7. The maximum Gasteiger partial charge on any atom is 0.232 e. The third kappa shape index (κ3) is 3.82. The van der Waals surface area contributed by atoms with E-state index in [2.05, 4.69) is 10.1 Å².